The monoisotopic (exact) mass is 417 g/mol. The molecule has 134 valence electrons. The molecular formula is C19H16BrNO5. The number of furan rings is 1. The zero-order chi connectivity index (χ0) is 18.5. The molecule has 3 aromatic rings. The number of anilines is 1. The van der Waals surface area contributed by atoms with Crippen molar-refractivity contribution in [1.29, 1.82) is 0 Å². The molecule has 0 atom stereocenters. The van der Waals surface area contributed by atoms with Gasteiger partial charge in [0.1, 0.15) is 11.5 Å². The number of ether oxygens (including phenoxy) is 3. The number of amides is 1. The highest BCUT2D eigenvalue weighted by molar-refractivity contribution is 9.10. The normalized spacial score (nSPS) is 10.3. The Balaban J connectivity index is 1.80. The maximum Gasteiger partial charge on any atom is 0.291 e. The van der Waals surface area contributed by atoms with Gasteiger partial charge in [-0.05, 0) is 64.5 Å². The van der Waals surface area contributed by atoms with Crippen molar-refractivity contribution in [2.75, 3.05) is 19.5 Å². The second kappa shape index (κ2) is 7.97. The van der Waals surface area contributed by atoms with Gasteiger partial charge in [0.2, 0.25) is 0 Å². The van der Waals surface area contributed by atoms with E-state index in [1.165, 1.54) is 0 Å². The fourth-order valence-corrected chi connectivity index (χ4v) is 2.54. The molecule has 6 nitrogen and oxygen atoms in total. The van der Waals surface area contributed by atoms with Gasteiger partial charge in [0, 0.05) is 11.8 Å². The van der Waals surface area contributed by atoms with Crippen LogP contribution in [0.3, 0.4) is 0 Å². The summed E-state index contributed by atoms with van der Waals surface area (Å²) in [6.07, 6.45) is 0. The number of carbonyl (C=O) groups is 1. The third-order valence-corrected chi connectivity index (χ3v) is 3.93. The fraction of sp³-hybridized carbons (Fsp3) is 0.105. The van der Waals surface area contributed by atoms with Gasteiger partial charge < -0.3 is 23.9 Å². The molecule has 0 aliphatic rings. The van der Waals surface area contributed by atoms with Gasteiger partial charge in [-0.1, -0.05) is 0 Å². The standard InChI is InChI=1S/C19H16BrNO5/c1-23-13-4-6-14(7-5-13)25-17-11-12(3-8-15(17)24-2)21-19(22)16-9-10-18(20)26-16/h3-11H,1-2H3,(H,21,22). The molecule has 1 amide bonds. The van der Waals surface area contributed by atoms with Crippen molar-refractivity contribution in [3.63, 3.8) is 0 Å². The molecule has 7 heteroatoms. The van der Waals surface area contributed by atoms with Crippen LogP contribution < -0.4 is 19.5 Å². The van der Waals surface area contributed by atoms with Gasteiger partial charge in [0.05, 0.1) is 14.2 Å². The van der Waals surface area contributed by atoms with E-state index in [2.05, 4.69) is 21.2 Å². The van der Waals surface area contributed by atoms with E-state index in [1.807, 2.05) is 0 Å². The molecule has 0 saturated carbocycles. The van der Waals surface area contributed by atoms with Gasteiger partial charge >= 0.3 is 0 Å². The molecule has 0 fully saturated rings. The summed E-state index contributed by atoms with van der Waals surface area (Å²) >= 11 is 3.17. The number of nitrogens with one attached hydrogen (secondary N) is 1. The summed E-state index contributed by atoms with van der Waals surface area (Å²) in [5, 5.41) is 2.76. The van der Waals surface area contributed by atoms with E-state index in [0.29, 0.717) is 27.6 Å². The zero-order valence-electron chi connectivity index (χ0n) is 14.1. The van der Waals surface area contributed by atoms with Crippen molar-refractivity contribution in [2.45, 2.75) is 0 Å². The fourth-order valence-electron chi connectivity index (χ4n) is 2.23. The van der Waals surface area contributed by atoms with Crippen molar-refractivity contribution in [2.24, 2.45) is 0 Å². The van der Waals surface area contributed by atoms with E-state index in [9.17, 15) is 4.79 Å². The Morgan fingerprint density at radius 3 is 2.27 bits per heavy atom. The van der Waals surface area contributed by atoms with Gasteiger partial charge in [0.25, 0.3) is 5.91 Å². The Hall–Kier alpha value is -2.93. The first-order chi connectivity index (χ1) is 12.6. The Morgan fingerprint density at radius 2 is 1.65 bits per heavy atom. The summed E-state index contributed by atoms with van der Waals surface area (Å²) in [4.78, 5) is 12.2. The van der Waals surface area contributed by atoms with Gasteiger partial charge in [-0.3, -0.25) is 4.79 Å². The number of hydrogen-bond donors (Lipinski definition) is 1. The smallest absolute Gasteiger partial charge is 0.291 e. The molecule has 26 heavy (non-hydrogen) atoms. The molecule has 2 aromatic carbocycles. The molecule has 3 rings (SSSR count). The predicted molar refractivity (Wildman–Crippen MR) is 100 cm³/mol. The highest BCUT2D eigenvalue weighted by Gasteiger charge is 2.13. The lowest BCUT2D eigenvalue weighted by Gasteiger charge is -2.13. The minimum Gasteiger partial charge on any atom is -0.497 e. The molecular weight excluding hydrogens is 402 g/mol. The van der Waals surface area contributed by atoms with Crippen LogP contribution in [-0.2, 0) is 0 Å². The molecule has 0 bridgehead atoms. The van der Waals surface area contributed by atoms with Crippen molar-refractivity contribution < 1.29 is 23.4 Å². The van der Waals surface area contributed by atoms with Crippen LogP contribution in [0.1, 0.15) is 10.6 Å². The lowest BCUT2D eigenvalue weighted by molar-refractivity contribution is 0.0995. The molecule has 1 heterocycles. The number of benzene rings is 2. The molecule has 0 unspecified atom stereocenters. The predicted octanol–water partition coefficient (Wildman–Crippen LogP) is 5.10. The van der Waals surface area contributed by atoms with Crippen molar-refractivity contribution in [1.82, 2.24) is 0 Å². The summed E-state index contributed by atoms with van der Waals surface area (Å²) in [6.45, 7) is 0. The molecule has 0 radical (unpaired) electrons. The second-order valence-electron chi connectivity index (χ2n) is 5.20. The van der Waals surface area contributed by atoms with Gasteiger partial charge in [0.15, 0.2) is 21.9 Å². The van der Waals surface area contributed by atoms with Crippen LogP contribution >= 0.6 is 15.9 Å². The topological polar surface area (TPSA) is 69.9 Å². The number of methoxy groups -OCH3 is 2. The molecule has 0 aliphatic carbocycles. The average Bonchev–Trinajstić information content (AvgIpc) is 3.09. The van der Waals surface area contributed by atoms with Crippen LogP contribution in [0.5, 0.6) is 23.0 Å². The summed E-state index contributed by atoms with van der Waals surface area (Å²) in [6, 6.07) is 15.5. The molecule has 0 saturated heterocycles. The minimum absolute atomic E-state index is 0.199. The maximum absolute atomic E-state index is 12.2. The van der Waals surface area contributed by atoms with Crippen LogP contribution in [0.25, 0.3) is 0 Å². The SMILES string of the molecule is COc1ccc(Oc2cc(NC(=O)c3ccc(Br)o3)ccc2OC)cc1. The van der Waals surface area contributed by atoms with Crippen LogP contribution in [0.15, 0.2) is 63.7 Å². The summed E-state index contributed by atoms with van der Waals surface area (Å²) < 4.78 is 22.1. The van der Waals surface area contributed by atoms with E-state index < -0.39 is 0 Å². The third kappa shape index (κ3) is 4.18. The van der Waals surface area contributed by atoms with Crippen molar-refractivity contribution in [3.8, 4) is 23.0 Å². The molecule has 1 aromatic heterocycles. The quantitative estimate of drug-likeness (QED) is 0.603. The van der Waals surface area contributed by atoms with E-state index in [0.717, 1.165) is 5.75 Å². The summed E-state index contributed by atoms with van der Waals surface area (Å²) in [7, 11) is 3.15. The largest absolute Gasteiger partial charge is 0.497 e. The zero-order valence-corrected chi connectivity index (χ0v) is 15.7. The highest BCUT2D eigenvalue weighted by atomic mass is 79.9. The van der Waals surface area contributed by atoms with Crippen LogP contribution in [0.2, 0.25) is 0 Å². The van der Waals surface area contributed by atoms with Gasteiger partial charge in [-0.15, -0.1) is 0 Å². The van der Waals surface area contributed by atoms with Gasteiger partial charge in [-0.2, -0.15) is 0 Å². The second-order valence-corrected chi connectivity index (χ2v) is 5.98. The molecule has 0 spiro atoms. The Kier molecular flexibility index (Phi) is 5.48. The number of carbonyl (C=O) groups excluding carboxylic acids is 1. The Bertz CT molecular complexity index is 905. The van der Waals surface area contributed by atoms with Crippen LogP contribution in [0.4, 0.5) is 5.69 Å². The van der Waals surface area contributed by atoms with Crippen molar-refractivity contribution in [3.05, 3.63) is 65.0 Å². The lowest BCUT2D eigenvalue weighted by Crippen LogP contribution is -2.10. The first-order valence-corrected chi connectivity index (χ1v) is 8.45. The third-order valence-electron chi connectivity index (χ3n) is 3.51. The van der Waals surface area contributed by atoms with E-state index >= 15 is 0 Å². The highest BCUT2D eigenvalue weighted by Crippen LogP contribution is 2.34. The lowest BCUT2D eigenvalue weighted by atomic mass is 10.2. The van der Waals surface area contributed by atoms with E-state index in [1.54, 1.807) is 68.8 Å². The van der Waals surface area contributed by atoms with Crippen molar-refractivity contribution >= 4 is 27.5 Å². The molecule has 0 aliphatic heterocycles. The van der Waals surface area contributed by atoms with E-state index in [-0.39, 0.29) is 11.7 Å². The molecule has 1 N–H and O–H groups in total. The minimum atomic E-state index is -0.365. The number of rotatable bonds is 6. The average molecular weight is 418 g/mol. The van der Waals surface area contributed by atoms with Crippen LogP contribution in [-0.4, -0.2) is 20.1 Å². The summed E-state index contributed by atoms with van der Waals surface area (Å²) in [5.41, 5.74) is 0.548. The summed E-state index contributed by atoms with van der Waals surface area (Å²) in [5.74, 6) is 2.19. The van der Waals surface area contributed by atoms with Crippen LogP contribution in [0, 0.1) is 0 Å². The number of halogens is 1. The number of hydrogen-bond acceptors (Lipinski definition) is 5. The first kappa shape index (κ1) is 17.9. The van der Waals surface area contributed by atoms with E-state index in [4.69, 9.17) is 18.6 Å². The Morgan fingerprint density at radius 1 is 0.923 bits per heavy atom. The van der Waals surface area contributed by atoms with Gasteiger partial charge in [-0.25, -0.2) is 0 Å². The first-order valence-electron chi connectivity index (χ1n) is 7.65. The Labute approximate surface area is 158 Å². The maximum atomic E-state index is 12.2.